The van der Waals surface area contributed by atoms with E-state index in [-0.39, 0.29) is 5.66 Å². The highest BCUT2D eigenvalue weighted by atomic mass is 15.2. The maximum Gasteiger partial charge on any atom is 0.112 e. The molecule has 0 spiro atoms. The van der Waals surface area contributed by atoms with Gasteiger partial charge in [-0.15, -0.1) is 0 Å². The van der Waals surface area contributed by atoms with Gasteiger partial charge in [-0.2, -0.15) is 0 Å². The number of hydrogen-bond acceptors (Lipinski definition) is 3. The third kappa shape index (κ3) is 2.41. The molecule has 1 aliphatic rings. The highest BCUT2D eigenvalue weighted by molar-refractivity contribution is 5.25. The SMILES string of the molecule is [CH2]C(C)CCC1CC=C(NC)C1(NC)NC. The van der Waals surface area contributed by atoms with Crippen molar-refractivity contribution in [3.05, 3.63) is 18.7 Å². The van der Waals surface area contributed by atoms with Gasteiger partial charge in [-0.3, -0.25) is 10.6 Å². The van der Waals surface area contributed by atoms with Crippen molar-refractivity contribution in [3.8, 4) is 0 Å². The highest BCUT2D eigenvalue weighted by Gasteiger charge is 2.42. The van der Waals surface area contributed by atoms with Crippen LogP contribution in [0.15, 0.2) is 11.8 Å². The minimum Gasteiger partial charge on any atom is -0.389 e. The fraction of sp³-hybridized carbons (Fsp3) is 0.769. The molecule has 2 atom stereocenters. The Morgan fingerprint density at radius 3 is 2.50 bits per heavy atom. The van der Waals surface area contributed by atoms with Crippen LogP contribution in [0.3, 0.4) is 0 Å². The minimum atomic E-state index is -0.0797. The molecule has 0 aromatic rings. The normalized spacial score (nSPS) is 23.6. The maximum absolute atomic E-state index is 4.06. The molecule has 3 nitrogen and oxygen atoms in total. The smallest absolute Gasteiger partial charge is 0.112 e. The van der Waals surface area contributed by atoms with Crippen molar-refractivity contribution in [2.24, 2.45) is 11.8 Å². The fourth-order valence-electron chi connectivity index (χ4n) is 2.74. The standard InChI is InChI=1S/C13H26N3/c1-10(2)6-7-11-8-9-12(14-3)13(11,15-4)16-5/h9-11,14-16H,1,6-8H2,2-5H3. The van der Waals surface area contributed by atoms with Crippen LogP contribution >= 0.6 is 0 Å². The average molecular weight is 224 g/mol. The Balaban J connectivity index is 2.72. The third-order valence-corrected chi connectivity index (χ3v) is 3.71. The van der Waals surface area contributed by atoms with Gasteiger partial charge in [0.25, 0.3) is 0 Å². The monoisotopic (exact) mass is 224 g/mol. The lowest BCUT2D eigenvalue weighted by Gasteiger charge is -2.38. The van der Waals surface area contributed by atoms with Crippen molar-refractivity contribution in [1.29, 1.82) is 0 Å². The summed E-state index contributed by atoms with van der Waals surface area (Å²) in [4.78, 5) is 0. The number of likely N-dealkylation sites (N-methyl/N-ethyl adjacent to an activating group) is 3. The summed E-state index contributed by atoms with van der Waals surface area (Å²) in [6, 6.07) is 0. The zero-order valence-corrected chi connectivity index (χ0v) is 11.1. The van der Waals surface area contributed by atoms with E-state index in [1.807, 2.05) is 21.1 Å². The molecule has 1 rings (SSSR count). The van der Waals surface area contributed by atoms with E-state index in [1.54, 1.807) is 0 Å². The van der Waals surface area contributed by atoms with Gasteiger partial charge in [-0.1, -0.05) is 26.3 Å². The Kier molecular flexibility index (Phi) is 4.81. The van der Waals surface area contributed by atoms with Crippen molar-refractivity contribution >= 4 is 0 Å². The van der Waals surface area contributed by atoms with E-state index in [0.717, 1.165) is 6.42 Å². The van der Waals surface area contributed by atoms with Crippen LogP contribution in [0, 0.1) is 18.8 Å². The highest BCUT2D eigenvalue weighted by Crippen LogP contribution is 2.35. The molecule has 2 unspecified atom stereocenters. The second-order valence-electron chi connectivity index (χ2n) is 4.79. The number of hydrogen-bond donors (Lipinski definition) is 3. The van der Waals surface area contributed by atoms with E-state index in [4.69, 9.17) is 0 Å². The Labute approximate surface area is 100 Å². The van der Waals surface area contributed by atoms with Crippen LogP contribution in [0.4, 0.5) is 0 Å². The van der Waals surface area contributed by atoms with E-state index in [1.165, 1.54) is 18.5 Å². The Bertz CT molecular complexity index is 242. The third-order valence-electron chi connectivity index (χ3n) is 3.71. The van der Waals surface area contributed by atoms with Crippen LogP contribution in [-0.4, -0.2) is 26.8 Å². The van der Waals surface area contributed by atoms with Gasteiger partial charge >= 0.3 is 0 Å². The molecule has 0 aromatic carbocycles. The summed E-state index contributed by atoms with van der Waals surface area (Å²) < 4.78 is 0. The number of rotatable bonds is 6. The van der Waals surface area contributed by atoms with Crippen molar-refractivity contribution in [2.75, 3.05) is 21.1 Å². The molecular formula is C13H26N3. The average Bonchev–Trinajstić information content (AvgIpc) is 2.64. The van der Waals surface area contributed by atoms with Crippen LogP contribution in [0.2, 0.25) is 0 Å². The summed E-state index contributed by atoms with van der Waals surface area (Å²) in [6.45, 7) is 6.25. The summed E-state index contributed by atoms with van der Waals surface area (Å²) in [5, 5.41) is 10.2. The molecule has 0 amide bonds. The molecule has 1 aliphatic carbocycles. The first-order valence-corrected chi connectivity index (χ1v) is 6.20. The van der Waals surface area contributed by atoms with Crippen LogP contribution in [0.1, 0.15) is 26.2 Å². The maximum atomic E-state index is 4.06. The molecule has 0 saturated carbocycles. The summed E-state index contributed by atoms with van der Waals surface area (Å²) in [6.07, 6.45) is 5.81. The summed E-state index contributed by atoms with van der Waals surface area (Å²) in [7, 11) is 6.03. The molecule has 1 radical (unpaired) electrons. The molecule has 3 N–H and O–H groups in total. The van der Waals surface area contributed by atoms with Gasteiger partial charge in [0.2, 0.25) is 0 Å². The van der Waals surface area contributed by atoms with E-state index in [2.05, 4.69) is 35.9 Å². The van der Waals surface area contributed by atoms with E-state index in [0.29, 0.717) is 11.8 Å². The first kappa shape index (κ1) is 13.5. The van der Waals surface area contributed by atoms with Gasteiger partial charge in [-0.05, 0) is 38.8 Å². The second-order valence-corrected chi connectivity index (χ2v) is 4.79. The molecule has 0 aromatic heterocycles. The van der Waals surface area contributed by atoms with E-state index in [9.17, 15) is 0 Å². The predicted octanol–water partition coefficient (Wildman–Crippen LogP) is 1.50. The molecule has 0 aliphatic heterocycles. The van der Waals surface area contributed by atoms with Crippen LogP contribution in [0.5, 0.6) is 0 Å². The number of nitrogens with one attached hydrogen (secondary N) is 3. The molecule has 93 valence electrons. The van der Waals surface area contributed by atoms with Gasteiger partial charge in [0, 0.05) is 12.7 Å². The Morgan fingerprint density at radius 1 is 1.44 bits per heavy atom. The van der Waals surface area contributed by atoms with Gasteiger partial charge in [0.15, 0.2) is 0 Å². The van der Waals surface area contributed by atoms with E-state index < -0.39 is 0 Å². The zero-order valence-electron chi connectivity index (χ0n) is 11.1. The Morgan fingerprint density at radius 2 is 2.06 bits per heavy atom. The van der Waals surface area contributed by atoms with Crippen molar-refractivity contribution in [1.82, 2.24) is 16.0 Å². The van der Waals surface area contributed by atoms with Crippen molar-refractivity contribution in [3.63, 3.8) is 0 Å². The molecule has 16 heavy (non-hydrogen) atoms. The Hall–Kier alpha value is -0.540. The molecular weight excluding hydrogens is 198 g/mol. The summed E-state index contributed by atoms with van der Waals surface area (Å²) >= 11 is 0. The lowest BCUT2D eigenvalue weighted by molar-refractivity contribution is 0.219. The fourth-order valence-corrected chi connectivity index (χ4v) is 2.74. The zero-order chi connectivity index (χ0) is 12.2. The van der Waals surface area contributed by atoms with Crippen LogP contribution in [0.25, 0.3) is 0 Å². The van der Waals surface area contributed by atoms with Crippen LogP contribution in [-0.2, 0) is 0 Å². The lowest BCUT2D eigenvalue weighted by atomic mass is 9.87. The van der Waals surface area contributed by atoms with Gasteiger partial charge in [-0.25, -0.2) is 0 Å². The number of allylic oxidation sites excluding steroid dienone is 1. The van der Waals surface area contributed by atoms with Gasteiger partial charge in [0.1, 0.15) is 5.66 Å². The first-order chi connectivity index (χ1) is 7.60. The van der Waals surface area contributed by atoms with Crippen molar-refractivity contribution in [2.45, 2.75) is 31.8 Å². The summed E-state index contributed by atoms with van der Waals surface area (Å²) in [5.41, 5.74) is 1.18. The predicted molar refractivity (Wildman–Crippen MR) is 69.9 cm³/mol. The second kappa shape index (κ2) is 5.69. The van der Waals surface area contributed by atoms with Crippen LogP contribution < -0.4 is 16.0 Å². The molecule has 3 heteroatoms. The topological polar surface area (TPSA) is 36.1 Å². The van der Waals surface area contributed by atoms with Crippen molar-refractivity contribution < 1.29 is 0 Å². The molecule has 0 fully saturated rings. The largest absolute Gasteiger partial charge is 0.389 e. The molecule has 0 heterocycles. The first-order valence-electron chi connectivity index (χ1n) is 6.20. The molecule has 0 saturated heterocycles. The lowest BCUT2D eigenvalue weighted by Crippen LogP contribution is -2.60. The molecule has 0 bridgehead atoms. The van der Waals surface area contributed by atoms with Gasteiger partial charge in [0.05, 0.1) is 0 Å². The minimum absolute atomic E-state index is 0.0797. The van der Waals surface area contributed by atoms with E-state index >= 15 is 0 Å². The summed E-state index contributed by atoms with van der Waals surface area (Å²) in [5.74, 6) is 1.14. The quantitative estimate of drug-likeness (QED) is 0.598. The van der Waals surface area contributed by atoms with Gasteiger partial charge < -0.3 is 5.32 Å².